The minimum absolute atomic E-state index is 0.254. The summed E-state index contributed by atoms with van der Waals surface area (Å²) in [6.07, 6.45) is -0.833. The van der Waals surface area contributed by atoms with Gasteiger partial charge in [-0.3, -0.25) is 0 Å². The zero-order chi connectivity index (χ0) is 19.2. The van der Waals surface area contributed by atoms with Crippen LogP contribution in [0.3, 0.4) is 0 Å². The molecule has 0 unspecified atom stereocenters. The topological polar surface area (TPSA) is 43.6 Å². The average molecular weight is 374 g/mol. The Morgan fingerprint density at radius 1 is 1.19 bits per heavy atom. The summed E-state index contributed by atoms with van der Waals surface area (Å²) in [6, 6.07) is 8.75. The second-order valence-electron chi connectivity index (χ2n) is 6.59. The summed E-state index contributed by atoms with van der Waals surface area (Å²) in [5.41, 5.74) is 2.64. The van der Waals surface area contributed by atoms with Crippen molar-refractivity contribution in [1.29, 1.82) is 0 Å². The van der Waals surface area contributed by atoms with E-state index in [1.54, 1.807) is 17.5 Å². The Balaban J connectivity index is 1.83. The molecule has 0 aliphatic heterocycles. The van der Waals surface area contributed by atoms with Crippen molar-refractivity contribution in [3.05, 3.63) is 59.4 Å². The van der Waals surface area contributed by atoms with Crippen LogP contribution in [0.25, 0.3) is 16.6 Å². The van der Waals surface area contributed by atoms with Crippen LogP contribution in [0.1, 0.15) is 47.3 Å². The van der Waals surface area contributed by atoms with Gasteiger partial charge < -0.3 is 4.74 Å². The lowest BCUT2D eigenvalue weighted by molar-refractivity contribution is -0.137. The van der Waals surface area contributed by atoms with E-state index in [0.29, 0.717) is 22.6 Å². The molecule has 1 aliphatic rings. The van der Waals surface area contributed by atoms with Crippen LogP contribution in [0.15, 0.2) is 42.6 Å². The van der Waals surface area contributed by atoms with Crippen LogP contribution in [0.4, 0.5) is 13.2 Å². The van der Waals surface area contributed by atoms with E-state index >= 15 is 0 Å². The Kier molecular flexibility index (Phi) is 4.17. The number of rotatable bonds is 4. The highest BCUT2D eigenvalue weighted by atomic mass is 19.4. The van der Waals surface area contributed by atoms with Gasteiger partial charge in [-0.25, -0.2) is 9.31 Å². The van der Waals surface area contributed by atoms with Crippen molar-refractivity contribution in [2.24, 2.45) is 0 Å². The number of esters is 1. The van der Waals surface area contributed by atoms with Crippen LogP contribution in [0.2, 0.25) is 0 Å². The number of ether oxygens (including phenoxy) is 1. The first kappa shape index (κ1) is 17.6. The average Bonchev–Trinajstić information content (AvgIpc) is 3.39. The SMILES string of the molecule is CCOC(=O)c1cnn2c(C3CC3)cc(-c3ccc(C(F)(F)F)cc3)cc12. The molecule has 0 N–H and O–H groups in total. The first-order valence-corrected chi connectivity index (χ1v) is 8.75. The summed E-state index contributed by atoms with van der Waals surface area (Å²) >= 11 is 0. The molecule has 2 heterocycles. The van der Waals surface area contributed by atoms with Crippen molar-refractivity contribution in [1.82, 2.24) is 9.61 Å². The molecule has 0 bridgehead atoms. The largest absolute Gasteiger partial charge is 0.462 e. The lowest BCUT2D eigenvalue weighted by Gasteiger charge is -2.11. The van der Waals surface area contributed by atoms with Crippen molar-refractivity contribution in [3.63, 3.8) is 0 Å². The number of nitrogens with zero attached hydrogens (tertiary/aromatic N) is 2. The van der Waals surface area contributed by atoms with Crippen molar-refractivity contribution in [2.75, 3.05) is 6.61 Å². The molecule has 3 aromatic rings. The number of benzene rings is 1. The fourth-order valence-corrected chi connectivity index (χ4v) is 3.17. The highest BCUT2D eigenvalue weighted by Crippen LogP contribution is 2.42. The van der Waals surface area contributed by atoms with Crippen LogP contribution in [0.5, 0.6) is 0 Å². The van der Waals surface area contributed by atoms with E-state index < -0.39 is 17.7 Å². The maximum atomic E-state index is 12.8. The Bertz CT molecular complexity index is 1000. The Morgan fingerprint density at radius 2 is 1.89 bits per heavy atom. The van der Waals surface area contributed by atoms with Crippen LogP contribution >= 0.6 is 0 Å². The quantitative estimate of drug-likeness (QED) is 0.599. The Morgan fingerprint density at radius 3 is 2.48 bits per heavy atom. The van der Waals surface area contributed by atoms with E-state index in [2.05, 4.69) is 5.10 Å². The molecule has 4 rings (SSSR count). The number of fused-ring (bicyclic) bond motifs is 1. The van der Waals surface area contributed by atoms with Crippen molar-refractivity contribution in [2.45, 2.75) is 31.9 Å². The molecule has 0 saturated heterocycles. The zero-order valence-corrected chi connectivity index (χ0v) is 14.6. The van der Waals surface area contributed by atoms with Gasteiger partial charge in [0.25, 0.3) is 0 Å². The number of pyridine rings is 1. The summed E-state index contributed by atoms with van der Waals surface area (Å²) in [4.78, 5) is 12.2. The molecule has 2 aromatic heterocycles. The highest BCUT2D eigenvalue weighted by Gasteiger charge is 2.31. The first-order valence-electron chi connectivity index (χ1n) is 8.75. The lowest BCUT2D eigenvalue weighted by atomic mass is 10.0. The van der Waals surface area contributed by atoms with E-state index in [4.69, 9.17) is 4.74 Å². The standard InChI is InChI=1S/C20H17F3N2O2/c1-2-27-19(26)16-11-24-25-17(13-3-4-13)9-14(10-18(16)25)12-5-7-15(8-6-12)20(21,22)23/h5-11,13H,2-4H2,1H3. The summed E-state index contributed by atoms with van der Waals surface area (Å²) in [5.74, 6) is -0.115. The highest BCUT2D eigenvalue weighted by molar-refractivity contribution is 5.97. The predicted molar refractivity (Wildman–Crippen MR) is 93.6 cm³/mol. The van der Waals surface area contributed by atoms with Gasteiger partial charge in [0.05, 0.1) is 23.9 Å². The minimum atomic E-state index is -4.37. The number of carbonyl (C=O) groups is 1. The summed E-state index contributed by atoms with van der Waals surface area (Å²) in [5, 5.41) is 4.33. The van der Waals surface area contributed by atoms with Crippen LogP contribution in [0, 0.1) is 0 Å². The van der Waals surface area contributed by atoms with Gasteiger partial charge in [0.2, 0.25) is 0 Å². The van der Waals surface area contributed by atoms with Gasteiger partial charge >= 0.3 is 12.1 Å². The fraction of sp³-hybridized carbons (Fsp3) is 0.300. The van der Waals surface area contributed by atoms with Gasteiger partial charge in [0.1, 0.15) is 5.56 Å². The molecule has 4 nitrogen and oxygen atoms in total. The molecular formula is C20H17F3N2O2. The summed E-state index contributed by atoms with van der Waals surface area (Å²) < 4.78 is 45.3. The van der Waals surface area contributed by atoms with Gasteiger partial charge in [-0.2, -0.15) is 18.3 Å². The first-order chi connectivity index (χ1) is 12.9. The smallest absolute Gasteiger partial charge is 0.416 e. The molecule has 7 heteroatoms. The van der Waals surface area contributed by atoms with Gasteiger partial charge in [-0.05, 0) is 55.2 Å². The molecule has 1 fully saturated rings. The second-order valence-corrected chi connectivity index (χ2v) is 6.59. The van der Waals surface area contributed by atoms with E-state index in [-0.39, 0.29) is 6.61 Å². The van der Waals surface area contributed by atoms with E-state index in [9.17, 15) is 18.0 Å². The van der Waals surface area contributed by atoms with Crippen LogP contribution in [-0.4, -0.2) is 22.2 Å². The third kappa shape index (κ3) is 3.29. The molecule has 1 saturated carbocycles. The van der Waals surface area contributed by atoms with Gasteiger partial charge in [0, 0.05) is 11.6 Å². The number of hydrogen-bond donors (Lipinski definition) is 0. The number of hydrogen-bond acceptors (Lipinski definition) is 3. The van der Waals surface area contributed by atoms with Crippen LogP contribution in [-0.2, 0) is 10.9 Å². The monoisotopic (exact) mass is 374 g/mol. The number of alkyl halides is 3. The van der Waals surface area contributed by atoms with Crippen molar-refractivity contribution in [3.8, 4) is 11.1 Å². The third-order valence-corrected chi connectivity index (χ3v) is 4.68. The Hall–Kier alpha value is -2.83. The normalized spacial score (nSPS) is 14.5. The second kappa shape index (κ2) is 6.40. The van der Waals surface area contributed by atoms with E-state index in [1.165, 1.54) is 18.3 Å². The molecule has 1 aliphatic carbocycles. The third-order valence-electron chi connectivity index (χ3n) is 4.68. The van der Waals surface area contributed by atoms with Crippen molar-refractivity contribution >= 4 is 11.5 Å². The lowest BCUT2D eigenvalue weighted by Crippen LogP contribution is -2.05. The molecular weight excluding hydrogens is 357 g/mol. The van der Waals surface area contributed by atoms with E-state index in [1.807, 2.05) is 6.07 Å². The maximum Gasteiger partial charge on any atom is 0.416 e. The van der Waals surface area contributed by atoms with Crippen LogP contribution < -0.4 is 0 Å². The maximum absolute atomic E-state index is 12.8. The molecule has 1 aromatic carbocycles. The Labute approximate surface area is 153 Å². The fourth-order valence-electron chi connectivity index (χ4n) is 3.17. The molecule has 27 heavy (non-hydrogen) atoms. The van der Waals surface area contributed by atoms with Gasteiger partial charge in [-0.15, -0.1) is 0 Å². The van der Waals surface area contributed by atoms with Crippen molar-refractivity contribution < 1.29 is 22.7 Å². The molecule has 140 valence electrons. The minimum Gasteiger partial charge on any atom is -0.462 e. The van der Waals surface area contributed by atoms with Gasteiger partial charge in [0.15, 0.2) is 0 Å². The number of carbonyl (C=O) groups excluding carboxylic acids is 1. The molecule has 0 spiro atoms. The number of halogens is 3. The predicted octanol–water partition coefficient (Wildman–Crippen LogP) is 5.07. The summed E-state index contributed by atoms with van der Waals surface area (Å²) in [6.45, 7) is 1.98. The molecule has 0 amide bonds. The molecule has 0 atom stereocenters. The zero-order valence-electron chi connectivity index (χ0n) is 14.6. The van der Waals surface area contributed by atoms with Gasteiger partial charge in [-0.1, -0.05) is 12.1 Å². The molecule has 0 radical (unpaired) electrons. The number of aromatic nitrogens is 2. The summed E-state index contributed by atoms with van der Waals surface area (Å²) in [7, 11) is 0. The van der Waals surface area contributed by atoms with E-state index in [0.717, 1.165) is 36.2 Å².